The molecule has 1 aliphatic heterocycles. The molecule has 1 saturated heterocycles. The van der Waals surface area contributed by atoms with Crippen molar-refractivity contribution in [2.24, 2.45) is 11.8 Å². The molecular formula is C10H21NO. The molecule has 0 aromatic rings. The molecule has 0 aliphatic carbocycles. The van der Waals surface area contributed by atoms with Gasteiger partial charge >= 0.3 is 0 Å². The predicted octanol–water partition coefficient (Wildman–Crippen LogP) is 1.39. The Bertz CT molecular complexity index is 108. The first-order chi connectivity index (χ1) is 5.88. The highest BCUT2D eigenvalue weighted by Gasteiger charge is 2.21. The lowest BCUT2D eigenvalue weighted by molar-refractivity contribution is 0.146. The largest absolute Gasteiger partial charge is 0.396 e. The minimum absolute atomic E-state index is 0.375. The lowest BCUT2D eigenvalue weighted by Gasteiger charge is -2.29. The van der Waals surface area contributed by atoms with Gasteiger partial charge in [0, 0.05) is 6.61 Å². The van der Waals surface area contributed by atoms with Crippen LogP contribution in [0.5, 0.6) is 0 Å². The van der Waals surface area contributed by atoms with Crippen molar-refractivity contribution in [2.75, 3.05) is 19.7 Å². The molecule has 1 fully saturated rings. The molecule has 2 nitrogen and oxygen atoms in total. The van der Waals surface area contributed by atoms with Crippen molar-refractivity contribution in [1.82, 2.24) is 5.32 Å². The Morgan fingerprint density at radius 1 is 1.58 bits per heavy atom. The van der Waals surface area contributed by atoms with Crippen LogP contribution >= 0.6 is 0 Å². The number of piperidine rings is 1. The quantitative estimate of drug-likeness (QED) is 0.670. The Kier molecular flexibility index (Phi) is 4.62. The van der Waals surface area contributed by atoms with E-state index in [1.165, 1.54) is 32.2 Å². The van der Waals surface area contributed by atoms with Crippen molar-refractivity contribution in [1.29, 1.82) is 0 Å². The van der Waals surface area contributed by atoms with Crippen LogP contribution in [-0.2, 0) is 0 Å². The molecule has 0 spiro atoms. The van der Waals surface area contributed by atoms with E-state index in [1.807, 2.05) is 0 Å². The molecular weight excluding hydrogens is 150 g/mol. The average Bonchev–Trinajstić information content (AvgIpc) is 2.15. The van der Waals surface area contributed by atoms with Gasteiger partial charge in [-0.25, -0.2) is 0 Å². The standard InChI is InChI=1S/C10H21NO/c1-2-4-10(8-12)9-5-3-6-11-7-9/h9-12H,2-8H2,1H3. The number of aliphatic hydroxyl groups is 1. The number of aliphatic hydroxyl groups excluding tert-OH is 1. The van der Waals surface area contributed by atoms with Crippen molar-refractivity contribution in [3.05, 3.63) is 0 Å². The van der Waals surface area contributed by atoms with E-state index in [0.29, 0.717) is 12.5 Å². The van der Waals surface area contributed by atoms with E-state index >= 15 is 0 Å². The first-order valence-electron chi connectivity index (χ1n) is 5.20. The van der Waals surface area contributed by atoms with Gasteiger partial charge in [-0.3, -0.25) is 0 Å². The second-order valence-corrected chi connectivity index (χ2v) is 3.84. The molecule has 1 rings (SSSR count). The van der Waals surface area contributed by atoms with Crippen LogP contribution in [0, 0.1) is 11.8 Å². The normalized spacial score (nSPS) is 27.0. The molecule has 12 heavy (non-hydrogen) atoms. The third kappa shape index (κ3) is 2.76. The van der Waals surface area contributed by atoms with E-state index < -0.39 is 0 Å². The molecule has 0 aromatic carbocycles. The van der Waals surface area contributed by atoms with E-state index in [9.17, 15) is 5.11 Å². The predicted molar refractivity (Wildman–Crippen MR) is 51.1 cm³/mol. The van der Waals surface area contributed by atoms with Gasteiger partial charge in [0.15, 0.2) is 0 Å². The molecule has 0 bridgehead atoms. The van der Waals surface area contributed by atoms with Crippen molar-refractivity contribution < 1.29 is 5.11 Å². The smallest absolute Gasteiger partial charge is 0.0462 e. The topological polar surface area (TPSA) is 32.3 Å². The third-order valence-corrected chi connectivity index (χ3v) is 2.90. The lowest BCUT2D eigenvalue weighted by Crippen LogP contribution is -2.35. The number of nitrogens with one attached hydrogen (secondary N) is 1. The summed E-state index contributed by atoms with van der Waals surface area (Å²) in [5.74, 6) is 1.27. The second-order valence-electron chi connectivity index (χ2n) is 3.84. The Morgan fingerprint density at radius 3 is 2.92 bits per heavy atom. The average molecular weight is 171 g/mol. The van der Waals surface area contributed by atoms with E-state index in [2.05, 4.69) is 12.2 Å². The summed E-state index contributed by atoms with van der Waals surface area (Å²) >= 11 is 0. The number of hydrogen-bond acceptors (Lipinski definition) is 2. The second kappa shape index (κ2) is 5.55. The SMILES string of the molecule is CCCC(CO)C1CCCNC1. The summed E-state index contributed by atoms with van der Waals surface area (Å²) in [5.41, 5.74) is 0. The first kappa shape index (κ1) is 10.0. The van der Waals surface area contributed by atoms with Gasteiger partial charge < -0.3 is 10.4 Å². The molecule has 0 saturated carbocycles. The maximum atomic E-state index is 9.18. The van der Waals surface area contributed by atoms with Gasteiger partial charge in [-0.1, -0.05) is 13.3 Å². The summed E-state index contributed by atoms with van der Waals surface area (Å²) in [7, 11) is 0. The van der Waals surface area contributed by atoms with Crippen molar-refractivity contribution in [3.63, 3.8) is 0 Å². The third-order valence-electron chi connectivity index (χ3n) is 2.90. The molecule has 2 atom stereocenters. The number of rotatable bonds is 4. The maximum absolute atomic E-state index is 9.18. The molecule has 1 aliphatic rings. The highest BCUT2D eigenvalue weighted by Crippen LogP contribution is 2.23. The van der Waals surface area contributed by atoms with E-state index in [1.54, 1.807) is 0 Å². The van der Waals surface area contributed by atoms with Crippen LogP contribution in [0.3, 0.4) is 0 Å². The van der Waals surface area contributed by atoms with Gasteiger partial charge in [-0.05, 0) is 44.2 Å². The highest BCUT2D eigenvalue weighted by molar-refractivity contribution is 4.75. The van der Waals surface area contributed by atoms with Crippen molar-refractivity contribution in [2.45, 2.75) is 32.6 Å². The van der Waals surface area contributed by atoms with E-state index in [-0.39, 0.29) is 0 Å². The Balaban J connectivity index is 2.29. The number of hydrogen-bond donors (Lipinski definition) is 2. The van der Waals surface area contributed by atoms with Gasteiger partial charge in [0.25, 0.3) is 0 Å². The van der Waals surface area contributed by atoms with Crippen molar-refractivity contribution in [3.8, 4) is 0 Å². The van der Waals surface area contributed by atoms with Gasteiger partial charge in [-0.2, -0.15) is 0 Å². The molecule has 2 heteroatoms. The van der Waals surface area contributed by atoms with Crippen molar-refractivity contribution >= 4 is 0 Å². The molecule has 72 valence electrons. The minimum Gasteiger partial charge on any atom is -0.396 e. The Labute approximate surface area is 75.4 Å². The molecule has 2 N–H and O–H groups in total. The van der Waals surface area contributed by atoms with Crippen LogP contribution in [0.25, 0.3) is 0 Å². The molecule has 0 radical (unpaired) electrons. The van der Waals surface area contributed by atoms with E-state index in [0.717, 1.165) is 12.5 Å². The Hall–Kier alpha value is -0.0800. The summed E-state index contributed by atoms with van der Waals surface area (Å²) in [6.07, 6.45) is 4.97. The summed E-state index contributed by atoms with van der Waals surface area (Å²) in [4.78, 5) is 0. The fraction of sp³-hybridized carbons (Fsp3) is 1.00. The Morgan fingerprint density at radius 2 is 2.42 bits per heavy atom. The van der Waals surface area contributed by atoms with Crippen LogP contribution in [-0.4, -0.2) is 24.8 Å². The maximum Gasteiger partial charge on any atom is 0.0462 e. The van der Waals surface area contributed by atoms with Gasteiger partial charge in [0.05, 0.1) is 0 Å². The van der Waals surface area contributed by atoms with Crippen LogP contribution in [0.2, 0.25) is 0 Å². The fourth-order valence-corrected chi connectivity index (χ4v) is 2.13. The molecule has 0 aromatic heterocycles. The zero-order valence-electron chi connectivity index (χ0n) is 8.05. The fourth-order valence-electron chi connectivity index (χ4n) is 2.13. The molecule has 0 amide bonds. The zero-order chi connectivity index (χ0) is 8.81. The van der Waals surface area contributed by atoms with Crippen LogP contribution in [0.1, 0.15) is 32.6 Å². The van der Waals surface area contributed by atoms with Gasteiger partial charge in [0.2, 0.25) is 0 Å². The van der Waals surface area contributed by atoms with Crippen LogP contribution in [0.4, 0.5) is 0 Å². The zero-order valence-corrected chi connectivity index (χ0v) is 8.05. The monoisotopic (exact) mass is 171 g/mol. The lowest BCUT2D eigenvalue weighted by atomic mass is 9.84. The van der Waals surface area contributed by atoms with Crippen LogP contribution in [0.15, 0.2) is 0 Å². The summed E-state index contributed by atoms with van der Waals surface area (Å²) in [5, 5.41) is 12.6. The minimum atomic E-state index is 0.375. The van der Waals surface area contributed by atoms with Gasteiger partial charge in [-0.15, -0.1) is 0 Å². The first-order valence-corrected chi connectivity index (χ1v) is 5.20. The summed E-state index contributed by atoms with van der Waals surface area (Å²) in [6.45, 7) is 4.85. The van der Waals surface area contributed by atoms with Crippen LogP contribution < -0.4 is 5.32 Å². The molecule has 2 unspecified atom stereocenters. The highest BCUT2D eigenvalue weighted by atomic mass is 16.3. The molecule has 1 heterocycles. The van der Waals surface area contributed by atoms with Gasteiger partial charge in [0.1, 0.15) is 0 Å². The van der Waals surface area contributed by atoms with E-state index in [4.69, 9.17) is 0 Å². The summed E-state index contributed by atoms with van der Waals surface area (Å²) < 4.78 is 0. The summed E-state index contributed by atoms with van der Waals surface area (Å²) in [6, 6.07) is 0.